The third-order valence-electron chi connectivity index (χ3n) is 3.14. The molecule has 1 heterocycles. The van der Waals surface area contributed by atoms with E-state index in [1.165, 1.54) is 0 Å². The highest BCUT2D eigenvalue weighted by molar-refractivity contribution is 6.17. The highest BCUT2D eigenvalue weighted by Gasteiger charge is 2.37. The Hall–Kier alpha value is -1.20. The molecule has 1 atom stereocenters. The van der Waals surface area contributed by atoms with Crippen LogP contribution in [0.15, 0.2) is 24.3 Å². The fourth-order valence-electron chi connectivity index (χ4n) is 2.26. The molecular formula is C13H14ClNO. The first-order valence-electron chi connectivity index (χ1n) is 5.52. The van der Waals surface area contributed by atoms with Gasteiger partial charge in [-0.3, -0.25) is 0 Å². The number of hydrogen-bond donors (Lipinski definition) is 0. The second-order valence-electron chi connectivity index (χ2n) is 4.08. The molecule has 0 saturated heterocycles. The zero-order valence-electron chi connectivity index (χ0n) is 9.08. The summed E-state index contributed by atoms with van der Waals surface area (Å²) in [5.74, 6) is 1.46. The van der Waals surface area contributed by atoms with Gasteiger partial charge in [-0.1, -0.05) is 18.2 Å². The summed E-state index contributed by atoms with van der Waals surface area (Å²) >= 11 is 5.73. The van der Waals surface area contributed by atoms with Gasteiger partial charge in [-0.05, 0) is 18.9 Å². The molecule has 1 unspecified atom stereocenters. The Morgan fingerprint density at radius 3 is 3.00 bits per heavy atom. The van der Waals surface area contributed by atoms with Crippen molar-refractivity contribution in [3.63, 3.8) is 0 Å². The van der Waals surface area contributed by atoms with Crippen LogP contribution in [0.25, 0.3) is 0 Å². The van der Waals surface area contributed by atoms with Gasteiger partial charge >= 0.3 is 0 Å². The van der Waals surface area contributed by atoms with Gasteiger partial charge in [-0.2, -0.15) is 5.26 Å². The Morgan fingerprint density at radius 2 is 2.25 bits per heavy atom. The molecule has 0 radical (unpaired) electrons. The van der Waals surface area contributed by atoms with Crippen LogP contribution in [0, 0.1) is 11.3 Å². The number of benzene rings is 1. The van der Waals surface area contributed by atoms with E-state index >= 15 is 0 Å². The number of rotatable bonds is 3. The minimum Gasteiger partial charge on any atom is -0.493 e. The molecule has 2 nitrogen and oxygen atoms in total. The molecule has 2 rings (SSSR count). The first-order chi connectivity index (χ1) is 7.82. The minimum absolute atomic E-state index is 0.399. The van der Waals surface area contributed by atoms with Gasteiger partial charge in [0.1, 0.15) is 5.75 Å². The van der Waals surface area contributed by atoms with Crippen LogP contribution in [-0.2, 0) is 5.41 Å². The van der Waals surface area contributed by atoms with Crippen molar-refractivity contribution in [2.75, 3.05) is 12.5 Å². The smallest absolute Gasteiger partial charge is 0.124 e. The normalized spacial score (nSPS) is 23.0. The average Bonchev–Trinajstić information content (AvgIpc) is 2.36. The third-order valence-corrected chi connectivity index (χ3v) is 3.41. The Balaban J connectivity index is 2.38. The van der Waals surface area contributed by atoms with Crippen LogP contribution < -0.4 is 4.74 Å². The number of fused-ring (bicyclic) bond motifs is 1. The van der Waals surface area contributed by atoms with Gasteiger partial charge in [-0.15, -0.1) is 11.6 Å². The molecule has 16 heavy (non-hydrogen) atoms. The molecule has 84 valence electrons. The van der Waals surface area contributed by atoms with Crippen molar-refractivity contribution in [2.45, 2.75) is 24.7 Å². The van der Waals surface area contributed by atoms with E-state index in [1.807, 2.05) is 24.3 Å². The summed E-state index contributed by atoms with van der Waals surface area (Å²) in [6.07, 6.45) is 2.44. The molecule has 0 amide bonds. The Morgan fingerprint density at radius 1 is 1.44 bits per heavy atom. The predicted molar refractivity (Wildman–Crippen MR) is 63.8 cm³/mol. The van der Waals surface area contributed by atoms with E-state index in [0.717, 1.165) is 30.6 Å². The lowest BCUT2D eigenvalue weighted by molar-refractivity contribution is 0.235. The van der Waals surface area contributed by atoms with Gasteiger partial charge in [-0.25, -0.2) is 0 Å². The van der Waals surface area contributed by atoms with Gasteiger partial charge in [0, 0.05) is 17.9 Å². The lowest BCUT2D eigenvalue weighted by Crippen LogP contribution is -2.31. The number of para-hydroxylation sites is 1. The summed E-state index contributed by atoms with van der Waals surface area (Å²) in [4.78, 5) is 0. The molecule has 1 aromatic carbocycles. The molecular weight excluding hydrogens is 222 g/mol. The largest absolute Gasteiger partial charge is 0.493 e. The van der Waals surface area contributed by atoms with Gasteiger partial charge in [0.25, 0.3) is 0 Å². The number of nitrogens with zero attached hydrogens (tertiary/aromatic N) is 1. The van der Waals surface area contributed by atoms with Gasteiger partial charge in [0.15, 0.2) is 0 Å². The second kappa shape index (κ2) is 4.76. The summed E-state index contributed by atoms with van der Waals surface area (Å²) in [6, 6.07) is 10.3. The number of alkyl halides is 1. The van der Waals surface area contributed by atoms with E-state index in [2.05, 4.69) is 6.07 Å². The van der Waals surface area contributed by atoms with Gasteiger partial charge in [0.05, 0.1) is 18.1 Å². The lowest BCUT2D eigenvalue weighted by Gasteiger charge is -2.33. The fraction of sp³-hybridized carbons (Fsp3) is 0.462. The fourth-order valence-corrected chi connectivity index (χ4v) is 2.39. The third kappa shape index (κ3) is 1.88. The molecule has 0 N–H and O–H groups in total. The number of hydrogen-bond acceptors (Lipinski definition) is 2. The summed E-state index contributed by atoms with van der Waals surface area (Å²) < 4.78 is 5.58. The first-order valence-corrected chi connectivity index (χ1v) is 6.05. The predicted octanol–water partition coefficient (Wildman–Crippen LogP) is 3.25. The maximum absolute atomic E-state index is 9.47. The zero-order chi connectivity index (χ0) is 11.4. The van der Waals surface area contributed by atoms with Crippen LogP contribution in [0.5, 0.6) is 5.75 Å². The number of nitriles is 1. The minimum atomic E-state index is -0.399. The highest BCUT2D eigenvalue weighted by Crippen LogP contribution is 2.41. The lowest BCUT2D eigenvalue weighted by atomic mass is 9.74. The molecule has 0 aromatic heterocycles. The van der Waals surface area contributed by atoms with Crippen molar-refractivity contribution in [3.8, 4) is 11.8 Å². The molecule has 0 saturated carbocycles. The van der Waals surface area contributed by atoms with Crippen molar-refractivity contribution < 1.29 is 4.74 Å². The molecule has 0 fully saturated rings. The maximum Gasteiger partial charge on any atom is 0.124 e. The summed E-state index contributed by atoms with van der Waals surface area (Å²) in [6.45, 7) is 0.618. The van der Waals surface area contributed by atoms with E-state index in [1.54, 1.807) is 0 Å². The molecule has 1 aromatic rings. The highest BCUT2D eigenvalue weighted by atomic mass is 35.5. The molecule has 1 aliphatic heterocycles. The summed E-state index contributed by atoms with van der Waals surface area (Å²) in [5.41, 5.74) is 0.623. The van der Waals surface area contributed by atoms with Crippen molar-refractivity contribution in [3.05, 3.63) is 29.8 Å². The topological polar surface area (TPSA) is 33.0 Å². The van der Waals surface area contributed by atoms with Gasteiger partial charge in [0.2, 0.25) is 0 Å². The van der Waals surface area contributed by atoms with E-state index in [9.17, 15) is 5.26 Å². The summed E-state index contributed by atoms with van der Waals surface area (Å²) in [5, 5.41) is 9.47. The van der Waals surface area contributed by atoms with E-state index in [0.29, 0.717) is 12.5 Å². The zero-order valence-corrected chi connectivity index (χ0v) is 9.83. The first kappa shape index (κ1) is 11.3. The molecule has 0 spiro atoms. The van der Waals surface area contributed by atoms with Crippen molar-refractivity contribution in [1.82, 2.24) is 0 Å². The van der Waals surface area contributed by atoms with Crippen molar-refractivity contribution in [2.24, 2.45) is 0 Å². The van der Waals surface area contributed by atoms with Crippen LogP contribution in [-0.4, -0.2) is 12.5 Å². The van der Waals surface area contributed by atoms with Crippen molar-refractivity contribution in [1.29, 1.82) is 5.26 Å². The van der Waals surface area contributed by atoms with Crippen LogP contribution in [0.3, 0.4) is 0 Å². The average molecular weight is 236 g/mol. The van der Waals surface area contributed by atoms with Crippen LogP contribution in [0.2, 0.25) is 0 Å². The van der Waals surface area contributed by atoms with E-state index < -0.39 is 5.41 Å². The SMILES string of the molecule is N#CC1(CCCCl)CCOc2ccccc21. The standard InChI is InChI=1S/C13H14ClNO/c14-8-3-6-13(10-15)7-9-16-12-5-2-1-4-11(12)13/h1-2,4-5H,3,6-9H2. The van der Waals surface area contributed by atoms with Crippen LogP contribution in [0.1, 0.15) is 24.8 Å². The van der Waals surface area contributed by atoms with Gasteiger partial charge < -0.3 is 4.74 Å². The quantitative estimate of drug-likeness (QED) is 0.754. The molecule has 1 aliphatic rings. The van der Waals surface area contributed by atoms with Crippen LogP contribution in [0.4, 0.5) is 0 Å². The Labute approximate surface area is 101 Å². The summed E-state index contributed by atoms with van der Waals surface area (Å²) in [7, 11) is 0. The molecule has 0 bridgehead atoms. The van der Waals surface area contributed by atoms with E-state index in [4.69, 9.17) is 16.3 Å². The second-order valence-corrected chi connectivity index (χ2v) is 4.46. The number of ether oxygens (including phenoxy) is 1. The Bertz CT molecular complexity index is 413. The maximum atomic E-state index is 9.47. The Kier molecular flexibility index (Phi) is 3.36. The molecule has 0 aliphatic carbocycles. The van der Waals surface area contributed by atoms with Crippen molar-refractivity contribution >= 4 is 11.6 Å². The van der Waals surface area contributed by atoms with Crippen LogP contribution >= 0.6 is 11.6 Å². The van der Waals surface area contributed by atoms with E-state index in [-0.39, 0.29) is 0 Å². The monoisotopic (exact) mass is 235 g/mol. The molecule has 3 heteroatoms. The number of halogens is 1.